The molecule has 160 valence electrons. The molecule has 0 saturated heterocycles. The van der Waals surface area contributed by atoms with Gasteiger partial charge in [0.15, 0.2) is 0 Å². The molecule has 0 bridgehead atoms. The van der Waals surface area contributed by atoms with Crippen LogP contribution in [0.1, 0.15) is 79.6 Å². The van der Waals surface area contributed by atoms with Crippen LogP contribution in [0.25, 0.3) is 0 Å². The topological polar surface area (TPSA) is 66.4 Å². The van der Waals surface area contributed by atoms with Gasteiger partial charge in [-0.3, -0.25) is 4.79 Å². The van der Waals surface area contributed by atoms with Crippen LogP contribution in [-0.2, 0) is 9.59 Å². The lowest BCUT2D eigenvalue weighted by atomic mass is 9.48. The normalized spacial score (nSPS) is 41.4. The van der Waals surface area contributed by atoms with E-state index in [4.69, 9.17) is 0 Å². The Balaban J connectivity index is 1.60. The van der Waals surface area contributed by atoms with Gasteiger partial charge in [0.25, 0.3) is 0 Å². The third-order valence-corrected chi connectivity index (χ3v) is 8.86. The minimum absolute atomic E-state index is 0.0922. The number of rotatable bonds is 2. The second-order valence-corrected chi connectivity index (χ2v) is 11.6. The van der Waals surface area contributed by atoms with Gasteiger partial charge in [-0.25, -0.2) is 4.79 Å². The van der Waals surface area contributed by atoms with Gasteiger partial charge in [0.05, 0.1) is 0 Å². The summed E-state index contributed by atoms with van der Waals surface area (Å²) in [6.07, 6.45) is 11.4. The smallest absolute Gasteiger partial charge is 0.331 e. The van der Waals surface area contributed by atoms with Crippen molar-refractivity contribution in [1.82, 2.24) is 5.32 Å². The number of fused-ring (bicyclic) bond motifs is 5. The predicted molar refractivity (Wildman–Crippen MR) is 114 cm³/mol. The maximum atomic E-state index is 13.1. The number of carbonyl (C=O) groups is 2. The van der Waals surface area contributed by atoms with Crippen LogP contribution >= 0.6 is 0 Å². The van der Waals surface area contributed by atoms with Crippen molar-refractivity contribution in [3.63, 3.8) is 0 Å². The molecule has 0 unspecified atom stereocenters. The molecule has 29 heavy (non-hydrogen) atoms. The minimum atomic E-state index is -0.769. The van der Waals surface area contributed by atoms with Crippen LogP contribution in [-0.4, -0.2) is 22.5 Å². The molecule has 0 heterocycles. The van der Waals surface area contributed by atoms with E-state index in [1.54, 1.807) is 0 Å². The number of allylic oxidation sites excluding steroid dienone is 3. The summed E-state index contributed by atoms with van der Waals surface area (Å²) in [5, 5.41) is 12.7. The fourth-order valence-electron chi connectivity index (χ4n) is 7.38. The van der Waals surface area contributed by atoms with Crippen LogP contribution in [0.2, 0.25) is 0 Å². The maximum Gasteiger partial charge on any atom is 0.331 e. The molecule has 2 saturated carbocycles. The summed E-state index contributed by atoms with van der Waals surface area (Å²) < 4.78 is 0. The lowest BCUT2D eigenvalue weighted by Gasteiger charge is -2.57. The lowest BCUT2D eigenvalue weighted by molar-refractivity contribution is -0.133. The highest BCUT2D eigenvalue weighted by Gasteiger charge is 2.59. The van der Waals surface area contributed by atoms with Crippen LogP contribution in [0.4, 0.5) is 0 Å². The van der Waals surface area contributed by atoms with Crippen LogP contribution in [0.5, 0.6) is 0 Å². The molecule has 2 N–H and O–H groups in total. The van der Waals surface area contributed by atoms with Crippen LogP contribution in [0, 0.1) is 34.5 Å². The van der Waals surface area contributed by atoms with Gasteiger partial charge in [0.1, 0.15) is 0 Å². The van der Waals surface area contributed by atoms with Gasteiger partial charge in [0, 0.05) is 17.0 Å². The number of hydrogen-bond acceptors (Lipinski definition) is 2. The van der Waals surface area contributed by atoms with Gasteiger partial charge >= 0.3 is 5.97 Å². The quantitative estimate of drug-likeness (QED) is 0.679. The highest BCUT2D eigenvalue weighted by atomic mass is 16.4. The van der Waals surface area contributed by atoms with Crippen molar-refractivity contribution < 1.29 is 14.7 Å². The molecule has 0 spiro atoms. The van der Waals surface area contributed by atoms with Crippen molar-refractivity contribution in [1.29, 1.82) is 0 Å². The Morgan fingerprint density at radius 2 is 1.83 bits per heavy atom. The van der Waals surface area contributed by atoms with Crippen LogP contribution in [0.15, 0.2) is 23.3 Å². The van der Waals surface area contributed by atoms with Gasteiger partial charge in [-0.2, -0.15) is 0 Å². The molecule has 4 aliphatic rings. The Morgan fingerprint density at radius 3 is 2.48 bits per heavy atom. The zero-order chi connectivity index (χ0) is 21.2. The van der Waals surface area contributed by atoms with E-state index in [-0.39, 0.29) is 28.2 Å². The van der Waals surface area contributed by atoms with E-state index in [0.29, 0.717) is 29.7 Å². The largest absolute Gasteiger partial charge is 0.478 e. The highest BCUT2D eigenvalue weighted by Crippen LogP contribution is 2.66. The average molecular weight is 400 g/mol. The van der Waals surface area contributed by atoms with Crippen molar-refractivity contribution in [2.75, 3.05) is 0 Å². The second-order valence-electron chi connectivity index (χ2n) is 11.6. The zero-order valence-electron chi connectivity index (χ0n) is 18.7. The van der Waals surface area contributed by atoms with Crippen molar-refractivity contribution in [2.24, 2.45) is 34.5 Å². The minimum Gasteiger partial charge on any atom is -0.478 e. The Hall–Kier alpha value is -1.58. The SMILES string of the molecule is CC(C)(C)NC(=O)[C@H]1CC[C@H]2[C@@H]3CC=C4C=C(C(=O)O)CC[C@@]4(C)[C@H]3CC[C@]12C. The lowest BCUT2D eigenvalue weighted by Crippen LogP contribution is -2.52. The van der Waals surface area contributed by atoms with Gasteiger partial charge in [-0.15, -0.1) is 0 Å². The molecule has 4 aliphatic carbocycles. The first-order valence-corrected chi connectivity index (χ1v) is 11.4. The van der Waals surface area contributed by atoms with Gasteiger partial charge in [-0.05, 0) is 106 Å². The standard InChI is InChI=1S/C25H37NO3/c1-23(2,3)26-21(27)20-9-8-18-17-7-6-16-14-15(22(28)29)10-12-24(16,4)19(17)11-13-25(18,20)5/h6,14,17-20H,7-13H2,1-5H3,(H,26,27)(H,28,29)/t17-,18-,19-,20+,24+,25-/m0/s1. The van der Waals surface area contributed by atoms with E-state index >= 15 is 0 Å². The van der Waals surface area contributed by atoms with Crippen LogP contribution in [0.3, 0.4) is 0 Å². The monoisotopic (exact) mass is 399 g/mol. The van der Waals surface area contributed by atoms with Crippen molar-refractivity contribution in [3.05, 3.63) is 23.3 Å². The summed E-state index contributed by atoms with van der Waals surface area (Å²) in [6, 6.07) is 0. The number of aliphatic carboxylic acids is 1. The number of nitrogens with one attached hydrogen (secondary N) is 1. The third kappa shape index (κ3) is 3.27. The van der Waals surface area contributed by atoms with Gasteiger partial charge in [-0.1, -0.05) is 19.9 Å². The number of carboxylic acids is 1. The van der Waals surface area contributed by atoms with Gasteiger partial charge < -0.3 is 10.4 Å². The molecule has 0 aliphatic heterocycles. The molecule has 2 fully saturated rings. The van der Waals surface area contributed by atoms with E-state index in [0.717, 1.165) is 38.5 Å². The Labute approximate surface area is 175 Å². The number of amides is 1. The van der Waals surface area contributed by atoms with E-state index < -0.39 is 5.97 Å². The molecular weight excluding hydrogens is 362 g/mol. The van der Waals surface area contributed by atoms with Crippen molar-refractivity contribution in [3.8, 4) is 0 Å². The number of hydrogen-bond donors (Lipinski definition) is 2. The first-order chi connectivity index (χ1) is 13.5. The average Bonchev–Trinajstić information content (AvgIpc) is 2.96. The van der Waals surface area contributed by atoms with Crippen LogP contribution < -0.4 is 5.32 Å². The Morgan fingerprint density at radius 1 is 1.10 bits per heavy atom. The molecule has 4 rings (SSSR count). The molecular formula is C25H37NO3. The summed E-state index contributed by atoms with van der Waals surface area (Å²) in [4.78, 5) is 24.6. The number of carboxylic acid groups (broad SMARTS) is 1. The third-order valence-electron chi connectivity index (χ3n) is 8.86. The first-order valence-electron chi connectivity index (χ1n) is 11.4. The van der Waals surface area contributed by atoms with E-state index in [2.05, 4.69) is 46.0 Å². The molecule has 4 nitrogen and oxygen atoms in total. The summed E-state index contributed by atoms with van der Waals surface area (Å²) in [5.41, 5.74) is 1.82. The molecule has 4 heteroatoms. The predicted octanol–water partition coefficient (Wildman–Crippen LogP) is 5.10. The van der Waals surface area contributed by atoms with Crippen molar-refractivity contribution in [2.45, 2.75) is 85.1 Å². The summed E-state index contributed by atoms with van der Waals surface area (Å²) in [5.74, 6) is 1.42. The molecule has 0 aromatic rings. The second kappa shape index (κ2) is 6.72. The molecule has 0 aromatic carbocycles. The van der Waals surface area contributed by atoms with E-state index in [1.807, 2.05) is 6.08 Å². The fourth-order valence-corrected chi connectivity index (χ4v) is 7.38. The summed E-state index contributed by atoms with van der Waals surface area (Å²) >= 11 is 0. The molecule has 0 aromatic heterocycles. The molecule has 6 atom stereocenters. The fraction of sp³-hybridized carbons (Fsp3) is 0.760. The van der Waals surface area contributed by atoms with Gasteiger partial charge in [0.2, 0.25) is 5.91 Å². The van der Waals surface area contributed by atoms with Crippen molar-refractivity contribution >= 4 is 11.9 Å². The zero-order valence-corrected chi connectivity index (χ0v) is 18.7. The Kier molecular flexibility index (Phi) is 4.79. The molecule has 0 radical (unpaired) electrons. The summed E-state index contributed by atoms with van der Waals surface area (Å²) in [7, 11) is 0. The van der Waals surface area contributed by atoms with E-state index in [1.165, 1.54) is 5.57 Å². The van der Waals surface area contributed by atoms with E-state index in [9.17, 15) is 14.7 Å². The maximum absolute atomic E-state index is 13.1. The first kappa shape index (κ1) is 20.7. The number of carbonyl (C=O) groups excluding carboxylic acids is 1. The Bertz CT molecular complexity index is 788. The molecule has 1 amide bonds. The summed E-state index contributed by atoms with van der Waals surface area (Å²) in [6.45, 7) is 10.9. The highest BCUT2D eigenvalue weighted by molar-refractivity contribution is 5.87.